The normalized spacial score (nSPS) is 15.7. The number of anilines is 1. The number of ether oxygens (including phenoxy) is 1. The number of hydrogen-bond donors (Lipinski definition) is 0. The maximum atomic E-state index is 12.0. The van der Waals surface area contributed by atoms with Crippen LogP contribution in [0.5, 0.6) is 0 Å². The fourth-order valence-corrected chi connectivity index (χ4v) is 3.32. The quantitative estimate of drug-likeness (QED) is 0.671. The lowest BCUT2D eigenvalue weighted by molar-refractivity contribution is -0.195. The molecular formula is C22H35N3O4. The Hall–Kier alpha value is -2.38. The number of rotatable bonds is 5. The van der Waals surface area contributed by atoms with Crippen LogP contribution in [0, 0.1) is 0 Å². The highest BCUT2D eigenvalue weighted by atomic mass is 16.7. The summed E-state index contributed by atoms with van der Waals surface area (Å²) in [5, 5.41) is 2.01. The van der Waals surface area contributed by atoms with E-state index in [4.69, 9.17) is 14.0 Å². The van der Waals surface area contributed by atoms with E-state index in [9.17, 15) is 4.79 Å². The maximum Gasteiger partial charge on any atom is 0.360 e. The van der Waals surface area contributed by atoms with Crippen LogP contribution >= 0.6 is 0 Å². The Morgan fingerprint density at radius 3 is 2.41 bits per heavy atom. The molecule has 0 N–H and O–H groups in total. The lowest BCUT2D eigenvalue weighted by Crippen LogP contribution is -2.58. The second-order valence-corrected chi connectivity index (χ2v) is 6.82. The molecule has 1 aliphatic heterocycles. The van der Waals surface area contributed by atoms with Gasteiger partial charge in [0.05, 0.1) is 19.3 Å². The van der Waals surface area contributed by atoms with E-state index >= 15 is 0 Å². The summed E-state index contributed by atoms with van der Waals surface area (Å²) >= 11 is 0. The Bertz CT molecular complexity index is 756. The van der Waals surface area contributed by atoms with Gasteiger partial charge in [0.2, 0.25) is 0 Å². The third-order valence-corrected chi connectivity index (χ3v) is 4.58. The van der Waals surface area contributed by atoms with E-state index in [0.29, 0.717) is 12.4 Å². The lowest BCUT2D eigenvalue weighted by atomic mass is 10.0. The molecule has 0 bridgehead atoms. The minimum Gasteiger partial charge on any atom is -0.461 e. The first-order valence-electron chi connectivity index (χ1n) is 9.74. The van der Waals surface area contributed by atoms with E-state index in [-0.39, 0.29) is 18.7 Å². The van der Waals surface area contributed by atoms with E-state index < -0.39 is 5.97 Å². The summed E-state index contributed by atoms with van der Waals surface area (Å²) in [5.74, 6) is -0.0442. The van der Waals surface area contributed by atoms with Crippen molar-refractivity contribution in [1.82, 2.24) is 10.0 Å². The molecule has 1 fully saturated rings. The highest BCUT2D eigenvalue weighted by Crippen LogP contribution is 2.29. The summed E-state index contributed by atoms with van der Waals surface area (Å²) in [4.78, 5) is 23.7. The van der Waals surface area contributed by atoms with Gasteiger partial charge in [-0.25, -0.2) is 9.78 Å². The summed E-state index contributed by atoms with van der Waals surface area (Å²) in [5.41, 5.74) is 2.04. The standard InChI is InChI=1S/C19H25N3O4.C2H6.CH4/c1-5-25-18(23)16-17(26-13-20-16)14-6-8-15(9-7-14)21-10-11-22(24-4)19(2,3)12-21;1-2;/h6-9,13H,5,10-12H2,1-4H3;1-2H3;1H4. The van der Waals surface area contributed by atoms with Gasteiger partial charge in [0.25, 0.3) is 0 Å². The van der Waals surface area contributed by atoms with Crippen molar-refractivity contribution < 1.29 is 18.8 Å². The van der Waals surface area contributed by atoms with E-state index in [2.05, 4.69) is 23.7 Å². The van der Waals surface area contributed by atoms with Crippen molar-refractivity contribution in [2.75, 3.05) is 38.3 Å². The molecule has 0 saturated carbocycles. The number of nitrogens with zero attached hydrogens (tertiary/aromatic N) is 3. The van der Waals surface area contributed by atoms with Crippen molar-refractivity contribution in [1.29, 1.82) is 0 Å². The van der Waals surface area contributed by atoms with Crippen LogP contribution in [0.2, 0.25) is 0 Å². The molecule has 1 aromatic heterocycles. The van der Waals surface area contributed by atoms with Crippen LogP contribution < -0.4 is 4.90 Å². The van der Waals surface area contributed by atoms with Crippen molar-refractivity contribution in [2.45, 2.75) is 47.6 Å². The predicted molar refractivity (Wildman–Crippen MR) is 116 cm³/mol. The molecule has 0 aliphatic carbocycles. The molecule has 0 spiro atoms. The SMILES string of the molecule is C.CC.CCOC(=O)c1ncoc1-c1ccc(N2CCN(OC)C(C)(C)C2)cc1. The Kier molecular flexibility index (Phi) is 9.33. The van der Waals surface area contributed by atoms with Gasteiger partial charge in [-0.05, 0) is 45.0 Å². The van der Waals surface area contributed by atoms with Gasteiger partial charge in [0, 0.05) is 30.9 Å². The second-order valence-electron chi connectivity index (χ2n) is 6.82. The molecule has 0 unspecified atom stereocenters. The van der Waals surface area contributed by atoms with Crippen LogP contribution in [-0.4, -0.2) is 54.9 Å². The molecule has 7 heteroatoms. The predicted octanol–water partition coefficient (Wildman–Crippen LogP) is 4.64. The van der Waals surface area contributed by atoms with Crippen LogP contribution in [0.4, 0.5) is 5.69 Å². The van der Waals surface area contributed by atoms with Gasteiger partial charge in [-0.2, -0.15) is 5.06 Å². The fourth-order valence-electron chi connectivity index (χ4n) is 3.32. The van der Waals surface area contributed by atoms with Crippen LogP contribution in [0.1, 0.15) is 52.5 Å². The molecule has 1 saturated heterocycles. The Balaban J connectivity index is 0.00000136. The number of carbonyl (C=O) groups excluding carboxylic acids is 1. The molecule has 3 rings (SSSR count). The third kappa shape index (κ3) is 5.58. The molecule has 0 atom stereocenters. The molecule has 162 valence electrons. The smallest absolute Gasteiger partial charge is 0.360 e. The van der Waals surface area contributed by atoms with Gasteiger partial charge < -0.3 is 18.9 Å². The van der Waals surface area contributed by atoms with Crippen molar-refractivity contribution in [3.63, 3.8) is 0 Å². The first-order chi connectivity index (χ1) is 13.5. The average molecular weight is 406 g/mol. The number of oxazole rings is 1. The number of hydrogen-bond acceptors (Lipinski definition) is 7. The molecule has 7 nitrogen and oxygen atoms in total. The van der Waals surface area contributed by atoms with Crippen molar-refractivity contribution in [2.24, 2.45) is 0 Å². The van der Waals surface area contributed by atoms with Gasteiger partial charge >= 0.3 is 5.97 Å². The number of piperazine rings is 1. The number of benzene rings is 1. The number of esters is 1. The molecule has 0 amide bonds. The summed E-state index contributed by atoms with van der Waals surface area (Å²) in [6.45, 7) is 13.0. The summed E-state index contributed by atoms with van der Waals surface area (Å²) in [7, 11) is 1.71. The monoisotopic (exact) mass is 405 g/mol. The molecule has 2 heterocycles. The molecule has 2 aromatic rings. The zero-order valence-corrected chi connectivity index (χ0v) is 17.7. The zero-order valence-electron chi connectivity index (χ0n) is 17.7. The third-order valence-electron chi connectivity index (χ3n) is 4.58. The summed E-state index contributed by atoms with van der Waals surface area (Å²) in [6.07, 6.45) is 1.27. The van der Waals surface area contributed by atoms with Crippen LogP contribution in [0.25, 0.3) is 11.3 Å². The number of carbonyl (C=O) groups is 1. The minimum absolute atomic E-state index is 0. The lowest BCUT2D eigenvalue weighted by Gasteiger charge is -2.46. The van der Waals surface area contributed by atoms with Gasteiger partial charge in [-0.1, -0.05) is 21.3 Å². The minimum atomic E-state index is -0.474. The van der Waals surface area contributed by atoms with Gasteiger partial charge in [-0.15, -0.1) is 0 Å². The van der Waals surface area contributed by atoms with Crippen molar-refractivity contribution >= 4 is 11.7 Å². The van der Waals surface area contributed by atoms with E-state index in [0.717, 1.165) is 30.9 Å². The Labute approximate surface area is 174 Å². The Morgan fingerprint density at radius 1 is 1.21 bits per heavy atom. The molecule has 29 heavy (non-hydrogen) atoms. The molecule has 1 aliphatic rings. The Morgan fingerprint density at radius 2 is 1.86 bits per heavy atom. The average Bonchev–Trinajstić information content (AvgIpc) is 3.19. The maximum absolute atomic E-state index is 12.0. The zero-order chi connectivity index (χ0) is 20.7. The molecule has 0 radical (unpaired) electrons. The highest BCUT2D eigenvalue weighted by molar-refractivity contribution is 5.93. The summed E-state index contributed by atoms with van der Waals surface area (Å²) < 4.78 is 10.4. The first-order valence-corrected chi connectivity index (χ1v) is 9.74. The van der Waals surface area contributed by atoms with Gasteiger partial charge in [0.1, 0.15) is 0 Å². The van der Waals surface area contributed by atoms with E-state index in [1.54, 1.807) is 14.0 Å². The largest absolute Gasteiger partial charge is 0.461 e. The highest BCUT2D eigenvalue weighted by Gasteiger charge is 2.34. The summed E-state index contributed by atoms with van der Waals surface area (Å²) in [6, 6.07) is 7.94. The molecule has 1 aromatic carbocycles. The second kappa shape index (κ2) is 11.0. The topological polar surface area (TPSA) is 68.0 Å². The van der Waals surface area contributed by atoms with Gasteiger partial charge in [0.15, 0.2) is 17.8 Å². The van der Waals surface area contributed by atoms with Crippen molar-refractivity contribution in [3.05, 3.63) is 36.4 Å². The van der Waals surface area contributed by atoms with Crippen molar-refractivity contribution in [3.8, 4) is 11.3 Å². The number of aromatic nitrogens is 1. The van der Waals surface area contributed by atoms with Crippen LogP contribution in [0.15, 0.2) is 35.1 Å². The van der Waals surface area contributed by atoms with E-state index in [1.165, 1.54) is 6.39 Å². The fraction of sp³-hybridized carbons (Fsp3) is 0.545. The van der Waals surface area contributed by atoms with E-state index in [1.807, 2.05) is 43.2 Å². The first kappa shape index (κ1) is 24.7. The van der Waals surface area contributed by atoms with Crippen LogP contribution in [-0.2, 0) is 9.57 Å². The van der Waals surface area contributed by atoms with Gasteiger partial charge in [-0.3, -0.25) is 0 Å². The number of hydroxylamine groups is 2. The molecular weight excluding hydrogens is 370 g/mol. The van der Waals surface area contributed by atoms with Crippen LogP contribution in [0.3, 0.4) is 0 Å².